The number of hydrogen-bond acceptors (Lipinski definition) is 6. The number of likely N-dealkylation sites (N-methyl/N-ethyl adjacent to an activating group) is 1. The van der Waals surface area contributed by atoms with Crippen molar-refractivity contribution in [3.8, 4) is 0 Å². The molecule has 0 aromatic carbocycles. The van der Waals surface area contributed by atoms with E-state index in [1.807, 2.05) is 26.0 Å². The molecule has 0 saturated carbocycles. The Kier molecular flexibility index (Phi) is 10.4. The topological polar surface area (TPSA) is 137 Å². The lowest BCUT2D eigenvalue weighted by Gasteiger charge is -2.25. The summed E-state index contributed by atoms with van der Waals surface area (Å²) in [6, 6.07) is -1.96. The summed E-state index contributed by atoms with van der Waals surface area (Å²) >= 11 is 0. The van der Waals surface area contributed by atoms with Gasteiger partial charge < -0.3 is 26.2 Å². The molecule has 4 amide bonds. The summed E-state index contributed by atoms with van der Waals surface area (Å²) in [5.41, 5.74) is 0.775. The Hall–Kier alpha value is -3.01. The van der Waals surface area contributed by atoms with Crippen LogP contribution in [0, 0.1) is 0 Å². The highest BCUT2D eigenvalue weighted by Crippen LogP contribution is 2.17. The van der Waals surface area contributed by atoms with Crippen molar-refractivity contribution < 1.29 is 24.0 Å². The number of Topliss-reactive ketones (excluding diaryl/α,β-unsaturated/α-hetero) is 1. The molecule has 0 radical (unpaired) electrons. The summed E-state index contributed by atoms with van der Waals surface area (Å²) in [5.74, 6) is -2.91. The van der Waals surface area contributed by atoms with Crippen LogP contribution >= 0.6 is 0 Å². The molecule has 1 heterocycles. The lowest BCUT2D eigenvalue weighted by atomic mass is 9.97. The summed E-state index contributed by atoms with van der Waals surface area (Å²) in [5, 5.41) is 10.8. The van der Waals surface area contributed by atoms with E-state index in [0.29, 0.717) is 25.7 Å². The Labute approximate surface area is 201 Å². The molecule has 2 unspecified atom stereocenters. The highest BCUT2D eigenvalue weighted by Gasteiger charge is 2.32. The van der Waals surface area contributed by atoms with Gasteiger partial charge in [-0.25, -0.2) is 0 Å². The van der Waals surface area contributed by atoms with Crippen LogP contribution in [0.2, 0.25) is 0 Å². The molecule has 0 aromatic rings. The van der Waals surface area contributed by atoms with Gasteiger partial charge in [0.15, 0.2) is 0 Å². The van der Waals surface area contributed by atoms with Gasteiger partial charge >= 0.3 is 0 Å². The van der Waals surface area contributed by atoms with Crippen LogP contribution < -0.4 is 21.3 Å². The first-order valence-corrected chi connectivity index (χ1v) is 11.9. The largest absolute Gasteiger partial charge is 0.347 e. The summed E-state index contributed by atoms with van der Waals surface area (Å²) < 4.78 is 0. The van der Waals surface area contributed by atoms with Crippen molar-refractivity contribution in [2.45, 2.75) is 76.5 Å². The van der Waals surface area contributed by atoms with E-state index in [4.69, 9.17) is 0 Å². The minimum absolute atomic E-state index is 0.224. The summed E-state index contributed by atoms with van der Waals surface area (Å²) in [6.45, 7) is 3.38. The van der Waals surface area contributed by atoms with Crippen LogP contribution in [-0.2, 0) is 24.0 Å². The Morgan fingerprint density at radius 3 is 2.44 bits per heavy atom. The van der Waals surface area contributed by atoms with Gasteiger partial charge in [-0.1, -0.05) is 31.6 Å². The predicted molar refractivity (Wildman–Crippen MR) is 128 cm³/mol. The van der Waals surface area contributed by atoms with Crippen LogP contribution in [0.5, 0.6) is 0 Å². The molecule has 0 aromatic heterocycles. The van der Waals surface area contributed by atoms with Gasteiger partial charge in [-0.3, -0.25) is 24.0 Å². The van der Waals surface area contributed by atoms with Crippen LogP contribution in [0.4, 0.5) is 0 Å². The zero-order valence-electron chi connectivity index (χ0n) is 20.5. The SMILES string of the molecule is CCCC(NC(=O)[C@@H]1CC[C@H](C)N1)C(=O)C(=O)NCC(=O)NC(C(=O)N(C)C)C1=CC=CCC1. The van der Waals surface area contributed by atoms with Crippen molar-refractivity contribution in [2.24, 2.45) is 0 Å². The number of nitrogens with zero attached hydrogens (tertiary/aromatic N) is 1. The molecule has 0 bridgehead atoms. The van der Waals surface area contributed by atoms with Crippen molar-refractivity contribution in [2.75, 3.05) is 20.6 Å². The molecular formula is C24H37N5O5. The van der Waals surface area contributed by atoms with Gasteiger partial charge in [0.1, 0.15) is 6.04 Å². The molecule has 2 aliphatic rings. The van der Waals surface area contributed by atoms with E-state index in [1.54, 1.807) is 20.2 Å². The Morgan fingerprint density at radius 2 is 1.88 bits per heavy atom. The van der Waals surface area contributed by atoms with Crippen LogP contribution in [0.1, 0.15) is 52.4 Å². The molecule has 1 fully saturated rings. The van der Waals surface area contributed by atoms with Gasteiger partial charge in [-0.05, 0) is 44.6 Å². The fourth-order valence-corrected chi connectivity index (χ4v) is 4.01. The third-order valence-electron chi connectivity index (χ3n) is 5.94. The van der Waals surface area contributed by atoms with Crippen LogP contribution in [0.25, 0.3) is 0 Å². The molecule has 4 N–H and O–H groups in total. The maximum Gasteiger partial charge on any atom is 0.290 e. The number of ketones is 1. The second kappa shape index (κ2) is 13.0. The van der Waals surface area contributed by atoms with Crippen LogP contribution in [0.15, 0.2) is 23.8 Å². The summed E-state index contributed by atoms with van der Waals surface area (Å²) in [7, 11) is 3.20. The van der Waals surface area contributed by atoms with Crippen molar-refractivity contribution in [3.63, 3.8) is 0 Å². The molecule has 2 rings (SSSR count). The standard InChI is InChI=1S/C24H37N5O5/c1-5-9-17(27-22(32)18-13-12-15(2)26-18)21(31)23(33)25-14-19(30)28-20(24(34)29(3)4)16-10-7-6-8-11-16/h6-7,10,15,17-18,20,26H,5,8-9,11-14H2,1-4H3,(H,25,33)(H,27,32)(H,28,30)/t15-,17?,18-,20?/m0/s1. The van der Waals surface area contributed by atoms with Crippen LogP contribution in [-0.4, -0.2) is 79.1 Å². The van der Waals surface area contributed by atoms with E-state index in [2.05, 4.69) is 21.3 Å². The van der Waals surface area contributed by atoms with E-state index >= 15 is 0 Å². The van der Waals surface area contributed by atoms with E-state index in [1.165, 1.54) is 4.90 Å². The lowest BCUT2D eigenvalue weighted by molar-refractivity contribution is -0.141. The van der Waals surface area contributed by atoms with Gasteiger partial charge in [-0.15, -0.1) is 0 Å². The van der Waals surface area contributed by atoms with Crippen LogP contribution in [0.3, 0.4) is 0 Å². The van der Waals surface area contributed by atoms with Gasteiger partial charge in [-0.2, -0.15) is 0 Å². The van der Waals surface area contributed by atoms with E-state index in [9.17, 15) is 24.0 Å². The van der Waals surface area contributed by atoms with E-state index in [0.717, 1.165) is 18.4 Å². The molecule has 4 atom stereocenters. The number of amides is 4. The fraction of sp³-hybridized carbons (Fsp3) is 0.625. The smallest absolute Gasteiger partial charge is 0.290 e. The minimum atomic E-state index is -0.958. The normalized spacial score (nSPS) is 21.1. The molecule has 1 saturated heterocycles. The summed E-state index contributed by atoms with van der Waals surface area (Å²) in [6.07, 6.45) is 9.47. The molecule has 10 nitrogen and oxygen atoms in total. The molecule has 0 spiro atoms. The van der Waals surface area contributed by atoms with Gasteiger partial charge in [0.05, 0.1) is 18.6 Å². The number of carbonyl (C=O) groups excluding carboxylic acids is 5. The second-order valence-electron chi connectivity index (χ2n) is 9.04. The average molecular weight is 476 g/mol. The maximum atomic E-state index is 12.7. The number of rotatable bonds is 11. The zero-order valence-corrected chi connectivity index (χ0v) is 20.5. The van der Waals surface area contributed by atoms with Gasteiger partial charge in [0.2, 0.25) is 23.5 Å². The monoisotopic (exact) mass is 475 g/mol. The number of carbonyl (C=O) groups is 5. The van der Waals surface area contributed by atoms with Gasteiger partial charge in [0, 0.05) is 20.1 Å². The second-order valence-corrected chi connectivity index (χ2v) is 9.04. The average Bonchev–Trinajstić information content (AvgIpc) is 3.26. The quantitative estimate of drug-likeness (QED) is 0.309. The Bertz CT molecular complexity index is 851. The van der Waals surface area contributed by atoms with Crippen molar-refractivity contribution in [3.05, 3.63) is 23.8 Å². The molecule has 10 heteroatoms. The lowest BCUT2D eigenvalue weighted by Crippen LogP contribution is -2.54. The van der Waals surface area contributed by atoms with E-state index < -0.39 is 36.2 Å². The van der Waals surface area contributed by atoms with Gasteiger partial charge in [0.25, 0.3) is 5.91 Å². The number of hydrogen-bond donors (Lipinski definition) is 4. The zero-order chi connectivity index (χ0) is 25.3. The third-order valence-corrected chi connectivity index (χ3v) is 5.94. The van der Waals surface area contributed by atoms with Crippen molar-refractivity contribution in [1.29, 1.82) is 0 Å². The predicted octanol–water partition coefficient (Wildman–Crippen LogP) is -0.0535. The molecule has 188 valence electrons. The molecule has 1 aliphatic heterocycles. The first-order valence-electron chi connectivity index (χ1n) is 11.9. The molecule has 1 aliphatic carbocycles. The minimum Gasteiger partial charge on any atom is -0.347 e. The first kappa shape index (κ1) is 27.2. The van der Waals surface area contributed by atoms with Crippen molar-refractivity contribution >= 4 is 29.4 Å². The highest BCUT2D eigenvalue weighted by atomic mass is 16.2. The first-order chi connectivity index (χ1) is 16.1. The Morgan fingerprint density at radius 1 is 1.15 bits per heavy atom. The number of nitrogens with one attached hydrogen (secondary N) is 4. The number of allylic oxidation sites excluding steroid dienone is 3. The summed E-state index contributed by atoms with van der Waals surface area (Å²) in [4.78, 5) is 64.1. The third kappa shape index (κ3) is 7.79. The Balaban J connectivity index is 1.93. The van der Waals surface area contributed by atoms with Crippen molar-refractivity contribution in [1.82, 2.24) is 26.2 Å². The molecular weight excluding hydrogens is 438 g/mol. The maximum absolute atomic E-state index is 12.7. The highest BCUT2D eigenvalue weighted by molar-refractivity contribution is 6.38. The fourth-order valence-electron chi connectivity index (χ4n) is 4.01. The van der Waals surface area contributed by atoms with E-state index in [-0.39, 0.29) is 23.9 Å². The molecule has 34 heavy (non-hydrogen) atoms.